The van der Waals surface area contributed by atoms with Gasteiger partial charge in [-0.15, -0.1) is 11.8 Å². The zero-order valence-corrected chi connectivity index (χ0v) is 13.8. The summed E-state index contributed by atoms with van der Waals surface area (Å²) in [7, 11) is 0. The van der Waals surface area contributed by atoms with Crippen molar-refractivity contribution in [2.75, 3.05) is 6.61 Å². The number of thioether (sulfide) groups is 1. The first kappa shape index (κ1) is 15.6. The number of aliphatic hydroxyl groups is 1. The minimum Gasteiger partial charge on any atom is -0.396 e. The van der Waals surface area contributed by atoms with Crippen LogP contribution in [-0.2, 0) is 6.42 Å². The van der Waals surface area contributed by atoms with Crippen LogP contribution in [0.15, 0.2) is 65.6 Å². The van der Waals surface area contributed by atoms with Crippen molar-refractivity contribution < 1.29 is 5.11 Å². The molecule has 116 valence electrons. The largest absolute Gasteiger partial charge is 0.396 e. The predicted octanol–water partition coefficient (Wildman–Crippen LogP) is 4.94. The molecule has 2 atom stereocenters. The van der Waals surface area contributed by atoms with Crippen LogP contribution in [0.2, 0.25) is 0 Å². The van der Waals surface area contributed by atoms with Crippen LogP contribution < -0.4 is 0 Å². The maximum atomic E-state index is 8.99. The van der Waals surface area contributed by atoms with Gasteiger partial charge in [0.25, 0.3) is 0 Å². The van der Waals surface area contributed by atoms with Crippen LogP contribution in [0.25, 0.3) is 0 Å². The molecular formula is C20H24OS. The Hall–Kier alpha value is -1.25. The van der Waals surface area contributed by atoms with Crippen molar-refractivity contribution in [3.05, 3.63) is 66.2 Å². The van der Waals surface area contributed by atoms with E-state index in [0.29, 0.717) is 11.4 Å². The zero-order chi connectivity index (χ0) is 15.3. The maximum Gasteiger partial charge on any atom is 0.0431 e. The van der Waals surface area contributed by atoms with Gasteiger partial charge < -0.3 is 5.11 Å². The molecule has 0 unspecified atom stereocenters. The van der Waals surface area contributed by atoms with Gasteiger partial charge in [-0.3, -0.25) is 0 Å². The summed E-state index contributed by atoms with van der Waals surface area (Å²) in [6.07, 6.45) is 5.78. The van der Waals surface area contributed by atoms with Gasteiger partial charge in [-0.25, -0.2) is 0 Å². The molecule has 1 aliphatic rings. The van der Waals surface area contributed by atoms with Gasteiger partial charge in [-0.2, -0.15) is 0 Å². The van der Waals surface area contributed by atoms with Crippen LogP contribution in [0.3, 0.4) is 0 Å². The lowest BCUT2D eigenvalue weighted by Gasteiger charge is -2.18. The number of hydrogen-bond donors (Lipinski definition) is 1. The van der Waals surface area contributed by atoms with Gasteiger partial charge in [0.15, 0.2) is 0 Å². The van der Waals surface area contributed by atoms with Crippen molar-refractivity contribution in [3.63, 3.8) is 0 Å². The zero-order valence-electron chi connectivity index (χ0n) is 12.9. The van der Waals surface area contributed by atoms with Gasteiger partial charge in [-0.1, -0.05) is 55.0 Å². The van der Waals surface area contributed by atoms with E-state index in [1.165, 1.54) is 23.3 Å². The first-order chi connectivity index (χ1) is 10.8. The number of hydrogen-bond acceptors (Lipinski definition) is 2. The smallest absolute Gasteiger partial charge is 0.0431 e. The lowest BCUT2D eigenvalue weighted by atomic mass is 10.0. The number of aliphatic hydroxyl groups excluding tert-OH is 1. The molecule has 22 heavy (non-hydrogen) atoms. The lowest BCUT2D eigenvalue weighted by molar-refractivity contribution is 0.281. The molecule has 2 heteroatoms. The summed E-state index contributed by atoms with van der Waals surface area (Å²) in [6.45, 7) is 0.324. The molecule has 1 fully saturated rings. The van der Waals surface area contributed by atoms with E-state index in [9.17, 15) is 0 Å². The summed E-state index contributed by atoms with van der Waals surface area (Å²) in [5, 5.41) is 8.99. The van der Waals surface area contributed by atoms with Gasteiger partial charge in [0.1, 0.15) is 0 Å². The van der Waals surface area contributed by atoms with Gasteiger partial charge in [0.2, 0.25) is 0 Å². The fourth-order valence-corrected chi connectivity index (χ4v) is 4.84. The molecule has 0 aromatic heterocycles. The summed E-state index contributed by atoms with van der Waals surface area (Å²) >= 11 is 2.06. The van der Waals surface area contributed by atoms with Crippen LogP contribution in [0.4, 0.5) is 0 Å². The molecule has 3 rings (SSSR count). The van der Waals surface area contributed by atoms with Crippen molar-refractivity contribution >= 4 is 11.8 Å². The Morgan fingerprint density at radius 3 is 2.32 bits per heavy atom. The van der Waals surface area contributed by atoms with E-state index < -0.39 is 0 Å². The van der Waals surface area contributed by atoms with Crippen molar-refractivity contribution in [2.24, 2.45) is 5.92 Å². The van der Waals surface area contributed by atoms with E-state index >= 15 is 0 Å². The van der Waals surface area contributed by atoms with Crippen molar-refractivity contribution in [2.45, 2.75) is 41.7 Å². The fraction of sp³-hybridized carbons (Fsp3) is 0.400. The van der Waals surface area contributed by atoms with Gasteiger partial charge >= 0.3 is 0 Å². The Morgan fingerprint density at radius 2 is 1.64 bits per heavy atom. The fourth-order valence-electron chi connectivity index (χ4n) is 3.27. The summed E-state index contributed by atoms with van der Waals surface area (Å²) < 4.78 is 0.359. The molecule has 0 aliphatic heterocycles. The van der Waals surface area contributed by atoms with Crippen LogP contribution in [0.5, 0.6) is 0 Å². The van der Waals surface area contributed by atoms with Gasteiger partial charge in [0.05, 0.1) is 0 Å². The molecule has 2 aromatic rings. The highest BCUT2D eigenvalue weighted by molar-refractivity contribution is 8.01. The standard InChI is InChI=1S/C20H24OS/c21-14-8-7-11-18-16-20(18,15-17-9-3-1-4-10-17)22-19-12-5-2-6-13-19/h1-6,9-10,12-13,18,21H,7-8,11,14-16H2/t18-,20-/m0/s1. The molecule has 1 saturated carbocycles. The molecule has 1 aliphatic carbocycles. The quantitative estimate of drug-likeness (QED) is 0.696. The first-order valence-corrected chi connectivity index (χ1v) is 9.03. The molecule has 1 nitrogen and oxygen atoms in total. The van der Waals surface area contributed by atoms with Crippen LogP contribution in [0, 0.1) is 5.92 Å². The average molecular weight is 312 g/mol. The van der Waals surface area contributed by atoms with E-state index in [1.54, 1.807) is 0 Å². The second-order valence-corrected chi connectivity index (χ2v) is 7.75. The van der Waals surface area contributed by atoms with E-state index in [-0.39, 0.29) is 0 Å². The highest BCUT2D eigenvalue weighted by atomic mass is 32.2. The minimum atomic E-state index is 0.324. The highest BCUT2D eigenvalue weighted by Crippen LogP contribution is 2.60. The lowest BCUT2D eigenvalue weighted by Crippen LogP contribution is -2.11. The summed E-state index contributed by atoms with van der Waals surface area (Å²) in [5.74, 6) is 0.782. The molecule has 0 amide bonds. The average Bonchev–Trinajstić information content (AvgIpc) is 3.21. The number of unbranched alkanes of at least 4 members (excludes halogenated alkanes) is 1. The van der Waals surface area contributed by atoms with Crippen LogP contribution >= 0.6 is 11.8 Å². The topological polar surface area (TPSA) is 20.2 Å². The predicted molar refractivity (Wildman–Crippen MR) is 94.2 cm³/mol. The van der Waals surface area contributed by atoms with Crippen molar-refractivity contribution in [1.29, 1.82) is 0 Å². The van der Waals surface area contributed by atoms with Crippen LogP contribution in [-0.4, -0.2) is 16.5 Å². The summed E-state index contributed by atoms with van der Waals surface area (Å²) in [4.78, 5) is 1.38. The van der Waals surface area contributed by atoms with Gasteiger partial charge in [0, 0.05) is 16.2 Å². The Kier molecular flexibility index (Phi) is 5.22. The third-order valence-electron chi connectivity index (χ3n) is 4.55. The Balaban J connectivity index is 1.69. The molecule has 0 spiro atoms. The Morgan fingerprint density at radius 1 is 0.955 bits per heavy atom. The number of benzene rings is 2. The second-order valence-electron chi connectivity index (χ2n) is 6.26. The molecule has 2 aromatic carbocycles. The van der Waals surface area contributed by atoms with E-state index in [2.05, 4.69) is 72.4 Å². The first-order valence-electron chi connectivity index (χ1n) is 8.21. The van der Waals surface area contributed by atoms with Crippen molar-refractivity contribution in [1.82, 2.24) is 0 Å². The molecule has 0 heterocycles. The normalized spacial score (nSPS) is 23.4. The third kappa shape index (κ3) is 3.93. The van der Waals surface area contributed by atoms with Crippen LogP contribution in [0.1, 0.15) is 31.2 Å². The molecule has 0 bridgehead atoms. The van der Waals surface area contributed by atoms with Crippen molar-refractivity contribution in [3.8, 4) is 0 Å². The summed E-state index contributed by atoms with van der Waals surface area (Å²) in [6, 6.07) is 21.6. The number of rotatable bonds is 8. The SMILES string of the molecule is OCCCC[C@H]1C[C@]1(Cc1ccccc1)Sc1ccccc1. The van der Waals surface area contributed by atoms with E-state index in [0.717, 1.165) is 25.2 Å². The second kappa shape index (κ2) is 7.34. The Labute approximate surface area is 137 Å². The molecule has 0 saturated heterocycles. The van der Waals surface area contributed by atoms with E-state index in [4.69, 9.17) is 5.11 Å². The third-order valence-corrected chi connectivity index (χ3v) is 6.11. The maximum absolute atomic E-state index is 8.99. The minimum absolute atomic E-state index is 0.324. The molecular weight excluding hydrogens is 288 g/mol. The Bertz CT molecular complexity index is 525. The monoisotopic (exact) mass is 312 g/mol. The summed E-state index contributed by atoms with van der Waals surface area (Å²) in [5.41, 5.74) is 1.44. The van der Waals surface area contributed by atoms with Gasteiger partial charge in [-0.05, 0) is 49.3 Å². The highest BCUT2D eigenvalue weighted by Gasteiger charge is 2.53. The van der Waals surface area contributed by atoms with E-state index in [1.807, 2.05) is 0 Å². The molecule has 0 radical (unpaired) electrons. The molecule has 1 N–H and O–H groups in total.